The van der Waals surface area contributed by atoms with E-state index in [1.54, 1.807) is 4.90 Å². The Morgan fingerprint density at radius 3 is 2.82 bits per heavy atom. The second-order valence-corrected chi connectivity index (χ2v) is 7.86. The van der Waals surface area contributed by atoms with Crippen LogP contribution < -0.4 is 16.0 Å². The van der Waals surface area contributed by atoms with Crippen molar-refractivity contribution in [2.75, 3.05) is 13.1 Å². The fourth-order valence-electron chi connectivity index (χ4n) is 4.20. The molecule has 0 radical (unpaired) electrons. The van der Waals surface area contributed by atoms with Crippen molar-refractivity contribution in [2.24, 2.45) is 0 Å². The van der Waals surface area contributed by atoms with Crippen LogP contribution >= 0.6 is 0 Å². The minimum Gasteiger partial charge on any atom is -0.392 e. The number of fused-ring (bicyclic) bond motifs is 1. The van der Waals surface area contributed by atoms with Gasteiger partial charge in [0.2, 0.25) is 11.8 Å². The summed E-state index contributed by atoms with van der Waals surface area (Å²) in [5.41, 5.74) is 2.64. The Hall–Kier alpha value is -2.29. The van der Waals surface area contributed by atoms with E-state index in [9.17, 15) is 19.5 Å². The predicted molar refractivity (Wildman–Crippen MR) is 101 cm³/mol. The number of β-amino-alcohol motifs (C(OH)–C–C–N with tert-alkyl or cyclic N) is 1. The standard InChI is InChI=1S/C20H26N4O4/c25-15-3-2-14(9-21-10-15)22-8-12-1-4-16-13(7-12)11-24(20(16)28)17-5-6-18(26)23-19(17)27/h1,4,7,14-15,17,21-22,25H,2-3,5-6,8-11H2,(H,23,26,27)/t14-,15+,17?/m0/s1. The van der Waals surface area contributed by atoms with Crippen molar-refractivity contribution in [1.82, 2.24) is 20.9 Å². The third-order valence-electron chi connectivity index (χ3n) is 5.80. The third kappa shape index (κ3) is 3.94. The lowest BCUT2D eigenvalue weighted by atomic mass is 10.0. The molecule has 0 aliphatic carbocycles. The number of nitrogens with zero attached hydrogens (tertiary/aromatic N) is 1. The van der Waals surface area contributed by atoms with E-state index in [4.69, 9.17) is 0 Å². The van der Waals surface area contributed by atoms with E-state index >= 15 is 0 Å². The van der Waals surface area contributed by atoms with Crippen molar-refractivity contribution in [3.05, 3.63) is 34.9 Å². The molecule has 1 unspecified atom stereocenters. The number of piperidine rings is 1. The van der Waals surface area contributed by atoms with Crippen molar-refractivity contribution in [3.8, 4) is 0 Å². The number of hydrogen-bond donors (Lipinski definition) is 4. The fraction of sp³-hybridized carbons (Fsp3) is 0.550. The number of hydrogen-bond acceptors (Lipinski definition) is 6. The molecule has 0 saturated carbocycles. The SMILES string of the molecule is O=C1CCC(N2Cc3cc(CN[C@H]4CC[C@@H](O)CNC4)ccc3C2=O)C(=O)N1. The van der Waals surface area contributed by atoms with E-state index in [-0.39, 0.29) is 30.2 Å². The van der Waals surface area contributed by atoms with E-state index in [1.807, 2.05) is 18.2 Å². The Labute approximate surface area is 163 Å². The van der Waals surface area contributed by atoms with Gasteiger partial charge >= 0.3 is 0 Å². The summed E-state index contributed by atoms with van der Waals surface area (Å²) in [5.74, 6) is -0.812. The summed E-state index contributed by atoms with van der Waals surface area (Å²) in [5, 5.41) is 18.8. The first-order valence-corrected chi connectivity index (χ1v) is 9.90. The summed E-state index contributed by atoms with van der Waals surface area (Å²) in [6, 6.07) is 5.51. The summed E-state index contributed by atoms with van der Waals surface area (Å²) < 4.78 is 0. The Morgan fingerprint density at radius 1 is 1.14 bits per heavy atom. The van der Waals surface area contributed by atoms with Gasteiger partial charge in [-0.25, -0.2) is 0 Å². The van der Waals surface area contributed by atoms with Gasteiger partial charge in [-0.05, 0) is 36.5 Å². The van der Waals surface area contributed by atoms with Crippen LogP contribution in [-0.4, -0.2) is 59.0 Å². The van der Waals surface area contributed by atoms with Crippen LogP contribution in [-0.2, 0) is 22.7 Å². The number of aliphatic hydroxyl groups is 1. The van der Waals surface area contributed by atoms with Crippen LogP contribution in [0.5, 0.6) is 0 Å². The van der Waals surface area contributed by atoms with Crippen LogP contribution in [0.3, 0.4) is 0 Å². The highest BCUT2D eigenvalue weighted by molar-refractivity contribution is 6.05. The maximum Gasteiger partial charge on any atom is 0.255 e. The van der Waals surface area contributed by atoms with E-state index in [2.05, 4.69) is 16.0 Å². The number of rotatable bonds is 4. The molecule has 2 fully saturated rings. The van der Waals surface area contributed by atoms with Gasteiger partial charge < -0.3 is 20.6 Å². The highest BCUT2D eigenvalue weighted by Gasteiger charge is 2.39. The smallest absolute Gasteiger partial charge is 0.255 e. The maximum absolute atomic E-state index is 12.7. The lowest BCUT2D eigenvalue weighted by Gasteiger charge is -2.29. The monoisotopic (exact) mass is 386 g/mol. The van der Waals surface area contributed by atoms with Gasteiger partial charge in [0.25, 0.3) is 5.91 Å². The van der Waals surface area contributed by atoms with Gasteiger partial charge in [0.1, 0.15) is 6.04 Å². The zero-order chi connectivity index (χ0) is 19.7. The van der Waals surface area contributed by atoms with Crippen LogP contribution in [0.15, 0.2) is 18.2 Å². The van der Waals surface area contributed by atoms with Crippen molar-refractivity contribution in [1.29, 1.82) is 0 Å². The number of benzene rings is 1. The lowest BCUT2D eigenvalue weighted by Crippen LogP contribution is -2.52. The summed E-state index contributed by atoms with van der Waals surface area (Å²) >= 11 is 0. The molecule has 0 spiro atoms. The molecule has 3 aliphatic rings. The fourth-order valence-corrected chi connectivity index (χ4v) is 4.20. The molecule has 3 heterocycles. The van der Waals surface area contributed by atoms with Gasteiger partial charge in [0.15, 0.2) is 0 Å². The largest absolute Gasteiger partial charge is 0.392 e. The molecule has 150 valence electrons. The summed E-state index contributed by atoms with van der Waals surface area (Å²) in [7, 11) is 0. The Bertz CT molecular complexity index is 796. The first-order chi connectivity index (χ1) is 13.5. The molecule has 1 aromatic rings. The molecule has 3 aliphatic heterocycles. The molecule has 28 heavy (non-hydrogen) atoms. The van der Waals surface area contributed by atoms with Gasteiger partial charge in [-0.15, -0.1) is 0 Å². The van der Waals surface area contributed by atoms with Crippen molar-refractivity contribution < 1.29 is 19.5 Å². The molecule has 0 bridgehead atoms. The second-order valence-electron chi connectivity index (χ2n) is 7.86. The van der Waals surface area contributed by atoms with Crippen LogP contribution in [0, 0.1) is 0 Å². The van der Waals surface area contributed by atoms with Crippen LogP contribution in [0.1, 0.15) is 47.2 Å². The van der Waals surface area contributed by atoms with Gasteiger partial charge in [-0.1, -0.05) is 12.1 Å². The predicted octanol–water partition coefficient (Wildman–Crippen LogP) is -0.350. The normalized spacial score (nSPS) is 28.1. The second kappa shape index (κ2) is 7.98. The average Bonchev–Trinajstić information content (AvgIpc) is 2.84. The molecule has 2 saturated heterocycles. The molecule has 4 N–H and O–H groups in total. The molecule has 1 aromatic carbocycles. The minimum absolute atomic E-state index is 0.147. The highest BCUT2D eigenvalue weighted by Crippen LogP contribution is 2.28. The number of amides is 3. The molecular weight excluding hydrogens is 360 g/mol. The topological polar surface area (TPSA) is 111 Å². The number of carbonyl (C=O) groups is 3. The van der Waals surface area contributed by atoms with E-state index in [0.717, 1.165) is 30.5 Å². The zero-order valence-corrected chi connectivity index (χ0v) is 15.7. The van der Waals surface area contributed by atoms with E-state index in [1.165, 1.54) is 0 Å². The Kier molecular flexibility index (Phi) is 5.43. The quantitative estimate of drug-likeness (QED) is 0.527. The molecule has 3 amide bonds. The summed E-state index contributed by atoms with van der Waals surface area (Å²) in [6.45, 7) is 2.53. The maximum atomic E-state index is 12.7. The number of aliphatic hydroxyl groups excluding tert-OH is 1. The van der Waals surface area contributed by atoms with E-state index < -0.39 is 6.04 Å². The van der Waals surface area contributed by atoms with Crippen LogP contribution in [0.2, 0.25) is 0 Å². The zero-order valence-electron chi connectivity index (χ0n) is 15.7. The Balaban J connectivity index is 1.39. The van der Waals surface area contributed by atoms with Crippen LogP contribution in [0.25, 0.3) is 0 Å². The number of imide groups is 1. The lowest BCUT2D eigenvalue weighted by molar-refractivity contribution is -0.136. The number of nitrogens with one attached hydrogen (secondary N) is 3. The van der Waals surface area contributed by atoms with Crippen molar-refractivity contribution >= 4 is 17.7 Å². The molecule has 8 heteroatoms. The summed E-state index contributed by atoms with van der Waals surface area (Å²) in [6.07, 6.45) is 2.05. The van der Waals surface area contributed by atoms with Crippen molar-refractivity contribution in [3.63, 3.8) is 0 Å². The molecule has 0 aromatic heterocycles. The van der Waals surface area contributed by atoms with Gasteiger partial charge in [0, 0.05) is 44.2 Å². The molecule has 3 atom stereocenters. The summed E-state index contributed by atoms with van der Waals surface area (Å²) in [4.78, 5) is 37.8. The third-order valence-corrected chi connectivity index (χ3v) is 5.80. The van der Waals surface area contributed by atoms with E-state index in [0.29, 0.717) is 37.7 Å². The van der Waals surface area contributed by atoms with Crippen molar-refractivity contribution in [2.45, 2.75) is 57.0 Å². The van der Waals surface area contributed by atoms with Gasteiger partial charge in [-0.3, -0.25) is 19.7 Å². The Morgan fingerprint density at radius 2 is 2.00 bits per heavy atom. The molecule has 4 rings (SSSR count). The minimum atomic E-state index is -0.581. The first-order valence-electron chi connectivity index (χ1n) is 9.90. The number of carbonyl (C=O) groups excluding carboxylic acids is 3. The average molecular weight is 386 g/mol. The molecular formula is C20H26N4O4. The highest BCUT2D eigenvalue weighted by atomic mass is 16.3. The first kappa shape index (κ1) is 19.0. The molecule has 8 nitrogen and oxygen atoms in total. The van der Waals surface area contributed by atoms with Crippen LogP contribution in [0.4, 0.5) is 0 Å². The van der Waals surface area contributed by atoms with Gasteiger partial charge in [0.05, 0.1) is 6.10 Å². The van der Waals surface area contributed by atoms with Gasteiger partial charge in [-0.2, -0.15) is 0 Å².